The fourth-order valence-corrected chi connectivity index (χ4v) is 9.93. The summed E-state index contributed by atoms with van der Waals surface area (Å²) in [5.74, 6) is 0.118. The van der Waals surface area contributed by atoms with Crippen molar-refractivity contribution in [1.82, 2.24) is 24.6 Å². The second kappa shape index (κ2) is 13.9. The Hall–Kier alpha value is -3.18. The van der Waals surface area contributed by atoms with Gasteiger partial charge in [-0.2, -0.15) is 5.10 Å². The van der Waals surface area contributed by atoms with Crippen LogP contribution in [-0.2, 0) is 20.8 Å². The van der Waals surface area contributed by atoms with Crippen LogP contribution in [0, 0.1) is 23.2 Å². The van der Waals surface area contributed by atoms with Crippen LogP contribution in [-0.4, -0.2) is 102 Å². The smallest absolute Gasteiger partial charge is 0.410 e. The number of anilines is 1. The Kier molecular flexibility index (Phi) is 10.5. The molecule has 11 nitrogen and oxygen atoms in total. The maximum Gasteiger partial charge on any atom is 0.410 e. The van der Waals surface area contributed by atoms with Crippen molar-refractivity contribution in [3.8, 4) is 11.1 Å². The van der Waals surface area contributed by atoms with Crippen molar-refractivity contribution < 1.29 is 23.8 Å². The summed E-state index contributed by atoms with van der Waals surface area (Å²) in [6.07, 6.45) is 10.2. The molecule has 0 radical (unpaired) electrons. The maximum atomic E-state index is 13.0. The average Bonchev–Trinajstić information content (AvgIpc) is 3.31. The Morgan fingerprint density at radius 3 is 2.29 bits per heavy atom. The molecule has 1 N–H and O–H groups in total. The van der Waals surface area contributed by atoms with Crippen LogP contribution >= 0.6 is 0 Å². The molecular weight excluding hydrogens is 620 g/mol. The van der Waals surface area contributed by atoms with Crippen molar-refractivity contribution in [3.05, 3.63) is 29.7 Å². The molecule has 6 rings (SSSR count). The van der Waals surface area contributed by atoms with Crippen LogP contribution in [0.15, 0.2) is 18.3 Å². The molecule has 2 unspecified atom stereocenters. The zero-order chi connectivity index (χ0) is 35.8. The number of pyridine rings is 1. The number of unbranched alkanes of at least 4 members (excludes halogenated alkanes) is 1. The summed E-state index contributed by atoms with van der Waals surface area (Å²) in [7, 11) is 7.34. The number of hydrogen-bond donors (Lipinski definition) is 1. The molecule has 2 aromatic rings. The van der Waals surface area contributed by atoms with E-state index >= 15 is 0 Å². The number of likely N-dealkylation sites (N-methyl/N-ethyl adjacent to an activating group) is 1. The number of carbonyl (C=O) groups excluding carboxylic acids is 2. The first-order valence-corrected chi connectivity index (χ1v) is 18.0. The first kappa shape index (κ1) is 37.1. The van der Waals surface area contributed by atoms with Gasteiger partial charge in [0.1, 0.15) is 11.4 Å². The predicted octanol–water partition coefficient (Wildman–Crippen LogP) is 6.80. The number of rotatable bonds is 14. The van der Waals surface area contributed by atoms with Crippen molar-refractivity contribution >= 4 is 17.9 Å². The van der Waals surface area contributed by atoms with Crippen molar-refractivity contribution in [2.75, 3.05) is 59.8 Å². The van der Waals surface area contributed by atoms with Crippen molar-refractivity contribution in [1.29, 1.82) is 0 Å². The first-order valence-electron chi connectivity index (χ1n) is 18.0. The number of ether oxygens (including phenoxy) is 3. The molecule has 49 heavy (non-hydrogen) atoms. The predicted molar refractivity (Wildman–Crippen MR) is 192 cm³/mol. The minimum atomic E-state index is -0.519. The normalized spacial score (nSPS) is 27.4. The van der Waals surface area contributed by atoms with Crippen LogP contribution in [0.25, 0.3) is 11.1 Å². The Balaban J connectivity index is 1.28. The van der Waals surface area contributed by atoms with Crippen LogP contribution in [0.4, 0.5) is 10.6 Å². The highest BCUT2D eigenvalue weighted by Gasteiger charge is 2.66. The highest BCUT2D eigenvalue weighted by atomic mass is 16.6. The second-order valence-electron chi connectivity index (χ2n) is 17.4. The topological polar surface area (TPSA) is 111 Å². The second-order valence-corrected chi connectivity index (χ2v) is 17.4. The highest BCUT2D eigenvalue weighted by Crippen LogP contribution is 2.72. The quantitative estimate of drug-likeness (QED) is 0.170. The summed E-state index contributed by atoms with van der Waals surface area (Å²) in [6, 6.07) is 3.84. The lowest BCUT2D eigenvalue weighted by molar-refractivity contribution is -0.248. The van der Waals surface area contributed by atoms with Crippen LogP contribution in [0.1, 0.15) is 102 Å². The van der Waals surface area contributed by atoms with E-state index in [-0.39, 0.29) is 33.6 Å². The van der Waals surface area contributed by atoms with Gasteiger partial charge in [0, 0.05) is 50.0 Å². The number of hydrogen-bond acceptors (Lipinski definition) is 9. The van der Waals surface area contributed by atoms with Gasteiger partial charge in [0.25, 0.3) is 0 Å². The summed E-state index contributed by atoms with van der Waals surface area (Å²) in [4.78, 5) is 33.7. The van der Waals surface area contributed by atoms with E-state index in [0.29, 0.717) is 24.5 Å². The molecule has 4 bridgehead atoms. The molecule has 2 heterocycles. The summed E-state index contributed by atoms with van der Waals surface area (Å²) < 4.78 is 19.6. The van der Waals surface area contributed by atoms with Crippen LogP contribution in [0.3, 0.4) is 0 Å². The minimum absolute atomic E-state index is 0.0724. The van der Waals surface area contributed by atoms with Crippen molar-refractivity contribution in [3.63, 3.8) is 0 Å². The van der Waals surface area contributed by atoms with Gasteiger partial charge in [-0.3, -0.25) is 4.68 Å². The molecule has 4 aliphatic rings. The van der Waals surface area contributed by atoms with Crippen LogP contribution < -0.4 is 5.32 Å². The average molecular weight is 681 g/mol. The molecule has 2 aromatic heterocycles. The SMILES string of the molecule is COC(=O)c1nc(NCCCCN(C)C(=O)OC(C)(C)C)ccc1-c1cnn(CC23CC4(C)CC(C)(C2)CC(OCCN(C)C)(C4)C3)c1C. The third-order valence-corrected chi connectivity index (χ3v) is 10.7. The van der Waals surface area contributed by atoms with Gasteiger partial charge in [0.2, 0.25) is 0 Å². The molecule has 4 saturated carbocycles. The lowest BCUT2D eigenvalue weighted by Gasteiger charge is -2.69. The Labute approximate surface area is 293 Å². The van der Waals surface area contributed by atoms with E-state index in [9.17, 15) is 9.59 Å². The molecule has 2 atom stereocenters. The Morgan fingerprint density at radius 1 is 0.959 bits per heavy atom. The van der Waals surface area contributed by atoms with Gasteiger partial charge < -0.3 is 29.3 Å². The molecule has 4 aliphatic carbocycles. The fraction of sp³-hybridized carbons (Fsp3) is 0.737. The number of carbonyl (C=O) groups is 2. The van der Waals surface area contributed by atoms with E-state index in [0.717, 1.165) is 63.1 Å². The van der Waals surface area contributed by atoms with Gasteiger partial charge in [-0.05, 0) is 122 Å². The summed E-state index contributed by atoms with van der Waals surface area (Å²) in [5, 5.41) is 8.25. The van der Waals surface area contributed by atoms with Crippen molar-refractivity contribution in [2.45, 2.75) is 111 Å². The molecule has 4 fully saturated rings. The molecule has 0 aromatic carbocycles. The number of amides is 1. The number of nitrogens with zero attached hydrogens (tertiary/aromatic N) is 5. The number of methoxy groups -OCH3 is 1. The highest BCUT2D eigenvalue weighted by molar-refractivity contribution is 5.96. The number of aromatic nitrogens is 3. The summed E-state index contributed by atoms with van der Waals surface area (Å²) >= 11 is 0. The monoisotopic (exact) mass is 680 g/mol. The fourth-order valence-electron chi connectivity index (χ4n) is 9.93. The third kappa shape index (κ3) is 8.59. The van der Waals surface area contributed by atoms with E-state index in [2.05, 4.69) is 49.8 Å². The number of nitrogens with one attached hydrogen (secondary N) is 1. The molecule has 11 heteroatoms. The van der Waals surface area contributed by atoms with E-state index in [1.807, 2.05) is 39.1 Å². The van der Waals surface area contributed by atoms with Gasteiger partial charge in [-0.15, -0.1) is 0 Å². The minimum Gasteiger partial charge on any atom is -0.464 e. The van der Waals surface area contributed by atoms with Crippen LogP contribution in [0.2, 0.25) is 0 Å². The maximum absolute atomic E-state index is 13.0. The summed E-state index contributed by atoms with van der Waals surface area (Å²) in [6.45, 7) is 16.4. The van der Waals surface area contributed by atoms with Gasteiger partial charge in [-0.1, -0.05) is 13.8 Å². The lowest BCUT2D eigenvalue weighted by Crippen LogP contribution is -2.64. The molecule has 0 aliphatic heterocycles. The molecule has 1 amide bonds. The zero-order valence-corrected chi connectivity index (χ0v) is 31.7. The first-order chi connectivity index (χ1) is 22.9. The third-order valence-electron chi connectivity index (χ3n) is 10.7. The summed E-state index contributed by atoms with van der Waals surface area (Å²) in [5.41, 5.74) is 2.96. The van der Waals surface area contributed by atoms with Gasteiger partial charge >= 0.3 is 12.1 Å². The van der Waals surface area contributed by atoms with E-state index < -0.39 is 11.6 Å². The van der Waals surface area contributed by atoms with E-state index in [1.54, 1.807) is 11.9 Å². The molecular formula is C38H60N6O5. The van der Waals surface area contributed by atoms with E-state index in [1.165, 1.54) is 26.4 Å². The lowest BCUT2D eigenvalue weighted by atomic mass is 9.39. The van der Waals surface area contributed by atoms with Crippen molar-refractivity contribution in [2.24, 2.45) is 16.2 Å². The van der Waals surface area contributed by atoms with E-state index in [4.69, 9.17) is 24.3 Å². The van der Waals surface area contributed by atoms with Crippen LogP contribution in [0.5, 0.6) is 0 Å². The Bertz CT molecular complexity index is 1490. The molecule has 272 valence electrons. The standard InChI is InChI=1S/C38H60N6O5/c1-27-29(28-13-14-30(41-31(28)32(45)47-10)39-15-11-12-16-43(9)33(46)49-34(2,3)4)19-40-44(27)26-37-21-35(5)20-36(6,22-37)24-38(23-35,25-37)48-18-17-42(7)8/h13-14,19H,11-12,15-18,20-26H2,1-10H3,(H,39,41). The zero-order valence-electron chi connectivity index (χ0n) is 31.7. The molecule has 0 spiro atoms. The van der Waals surface area contributed by atoms with Gasteiger partial charge in [-0.25, -0.2) is 14.6 Å². The van der Waals surface area contributed by atoms with Gasteiger partial charge in [0.05, 0.1) is 25.5 Å². The number of esters is 1. The Morgan fingerprint density at radius 2 is 1.65 bits per heavy atom. The largest absolute Gasteiger partial charge is 0.464 e. The van der Waals surface area contributed by atoms with Gasteiger partial charge in [0.15, 0.2) is 5.69 Å². The molecule has 0 saturated heterocycles.